The highest BCUT2D eigenvalue weighted by Crippen LogP contribution is 2.31. The van der Waals surface area contributed by atoms with Crippen molar-refractivity contribution in [2.45, 2.75) is 19.8 Å². The fourth-order valence-corrected chi connectivity index (χ4v) is 3.19. The highest BCUT2D eigenvalue weighted by molar-refractivity contribution is 5.59. The number of rotatable bonds is 3. The molecule has 0 unspecified atom stereocenters. The van der Waals surface area contributed by atoms with Crippen molar-refractivity contribution in [3.63, 3.8) is 0 Å². The maximum absolute atomic E-state index is 14.0. The second kappa shape index (κ2) is 5.54. The standard InChI is InChI=1S/C19H18FN3/c1-13-6-2-5-9-18(13)23-19-15(10-11-21-19)17(22-23)12-14-7-3-4-8-16(14)20/h2-9,21H,10-12H2,1H3. The summed E-state index contributed by atoms with van der Waals surface area (Å²) in [6, 6.07) is 15.1. The van der Waals surface area contributed by atoms with Crippen molar-refractivity contribution >= 4 is 5.82 Å². The summed E-state index contributed by atoms with van der Waals surface area (Å²) in [6.07, 6.45) is 1.46. The fraction of sp³-hybridized carbons (Fsp3) is 0.211. The van der Waals surface area contributed by atoms with Crippen LogP contribution in [0.15, 0.2) is 48.5 Å². The maximum Gasteiger partial charge on any atom is 0.133 e. The fourth-order valence-electron chi connectivity index (χ4n) is 3.19. The molecule has 0 aliphatic carbocycles. The van der Waals surface area contributed by atoms with E-state index in [1.807, 2.05) is 28.9 Å². The molecule has 3 aromatic rings. The zero-order valence-electron chi connectivity index (χ0n) is 13.0. The van der Waals surface area contributed by atoms with Crippen LogP contribution in [0.5, 0.6) is 0 Å². The number of halogens is 1. The van der Waals surface area contributed by atoms with Gasteiger partial charge >= 0.3 is 0 Å². The average Bonchev–Trinajstić information content (AvgIpc) is 3.14. The lowest BCUT2D eigenvalue weighted by Gasteiger charge is -2.09. The molecule has 0 fully saturated rings. The van der Waals surface area contributed by atoms with Crippen LogP contribution in [0.1, 0.15) is 22.4 Å². The molecule has 1 aliphatic heterocycles. The van der Waals surface area contributed by atoms with E-state index in [2.05, 4.69) is 24.4 Å². The van der Waals surface area contributed by atoms with Crippen LogP contribution < -0.4 is 5.32 Å². The molecule has 0 spiro atoms. The van der Waals surface area contributed by atoms with Crippen LogP contribution in [0.25, 0.3) is 5.69 Å². The van der Waals surface area contributed by atoms with Gasteiger partial charge in [-0.2, -0.15) is 5.10 Å². The summed E-state index contributed by atoms with van der Waals surface area (Å²) in [4.78, 5) is 0. The third-order valence-electron chi connectivity index (χ3n) is 4.39. The molecule has 23 heavy (non-hydrogen) atoms. The topological polar surface area (TPSA) is 29.9 Å². The first-order valence-electron chi connectivity index (χ1n) is 7.88. The van der Waals surface area contributed by atoms with Gasteiger partial charge < -0.3 is 5.32 Å². The minimum absolute atomic E-state index is 0.169. The highest BCUT2D eigenvalue weighted by atomic mass is 19.1. The summed E-state index contributed by atoms with van der Waals surface area (Å²) in [5.74, 6) is 0.878. The smallest absolute Gasteiger partial charge is 0.133 e. The van der Waals surface area contributed by atoms with E-state index in [4.69, 9.17) is 5.10 Å². The van der Waals surface area contributed by atoms with Crippen LogP contribution in [0.4, 0.5) is 10.2 Å². The molecule has 1 aromatic heterocycles. The lowest BCUT2D eigenvalue weighted by Crippen LogP contribution is -2.06. The molecule has 3 nitrogen and oxygen atoms in total. The summed E-state index contributed by atoms with van der Waals surface area (Å²) < 4.78 is 15.9. The van der Waals surface area contributed by atoms with Gasteiger partial charge in [0, 0.05) is 18.5 Å². The van der Waals surface area contributed by atoms with E-state index >= 15 is 0 Å². The molecule has 2 heterocycles. The zero-order valence-corrected chi connectivity index (χ0v) is 13.0. The van der Waals surface area contributed by atoms with Crippen molar-refractivity contribution in [2.24, 2.45) is 0 Å². The largest absolute Gasteiger partial charge is 0.369 e. The molecule has 1 N–H and O–H groups in total. The van der Waals surface area contributed by atoms with Crippen LogP contribution in [0.3, 0.4) is 0 Å². The second-order valence-electron chi connectivity index (χ2n) is 5.92. The van der Waals surface area contributed by atoms with E-state index in [0.29, 0.717) is 12.0 Å². The van der Waals surface area contributed by atoms with Crippen LogP contribution in [-0.4, -0.2) is 16.3 Å². The molecular weight excluding hydrogens is 289 g/mol. The van der Waals surface area contributed by atoms with Crippen molar-refractivity contribution in [2.75, 3.05) is 11.9 Å². The number of para-hydroxylation sites is 1. The molecule has 1 aliphatic rings. The molecule has 0 radical (unpaired) electrons. The molecule has 0 saturated carbocycles. The van der Waals surface area contributed by atoms with Crippen LogP contribution in [0.2, 0.25) is 0 Å². The monoisotopic (exact) mass is 307 g/mol. The molecule has 4 rings (SSSR count). The highest BCUT2D eigenvalue weighted by Gasteiger charge is 2.24. The number of nitrogens with one attached hydrogen (secondary N) is 1. The zero-order chi connectivity index (χ0) is 15.8. The third-order valence-corrected chi connectivity index (χ3v) is 4.39. The number of hydrogen-bond acceptors (Lipinski definition) is 2. The van der Waals surface area contributed by atoms with Gasteiger partial charge in [0.05, 0.1) is 11.4 Å². The van der Waals surface area contributed by atoms with Gasteiger partial charge in [-0.15, -0.1) is 0 Å². The Morgan fingerprint density at radius 1 is 1.13 bits per heavy atom. The number of benzene rings is 2. The number of hydrogen-bond donors (Lipinski definition) is 1. The van der Waals surface area contributed by atoms with E-state index in [0.717, 1.165) is 30.2 Å². The normalized spacial score (nSPS) is 13.0. The Balaban J connectivity index is 1.80. The average molecular weight is 307 g/mol. The Bertz CT molecular complexity index is 867. The van der Waals surface area contributed by atoms with Gasteiger partial charge in [-0.3, -0.25) is 0 Å². The summed E-state index contributed by atoms with van der Waals surface area (Å²) in [6.45, 7) is 2.98. The van der Waals surface area contributed by atoms with E-state index in [1.54, 1.807) is 6.07 Å². The molecule has 0 bridgehead atoms. The lowest BCUT2D eigenvalue weighted by molar-refractivity contribution is 0.612. The van der Waals surface area contributed by atoms with E-state index < -0.39 is 0 Å². The van der Waals surface area contributed by atoms with Crippen LogP contribution >= 0.6 is 0 Å². The van der Waals surface area contributed by atoms with Crippen LogP contribution in [-0.2, 0) is 12.8 Å². The van der Waals surface area contributed by atoms with Crippen LogP contribution in [0, 0.1) is 12.7 Å². The van der Waals surface area contributed by atoms with E-state index in [9.17, 15) is 4.39 Å². The number of nitrogens with zero attached hydrogens (tertiary/aromatic N) is 2. The summed E-state index contributed by atoms with van der Waals surface area (Å²) in [5.41, 5.74) is 5.09. The number of aromatic nitrogens is 2. The Hall–Kier alpha value is -2.62. The molecular formula is C19H18FN3. The second-order valence-corrected chi connectivity index (χ2v) is 5.92. The molecule has 0 amide bonds. The van der Waals surface area contributed by atoms with Gasteiger partial charge in [0.1, 0.15) is 11.6 Å². The first-order valence-corrected chi connectivity index (χ1v) is 7.88. The summed E-state index contributed by atoms with van der Waals surface area (Å²) >= 11 is 0. The van der Waals surface area contributed by atoms with Gasteiger partial charge in [-0.25, -0.2) is 9.07 Å². The molecule has 0 atom stereocenters. The van der Waals surface area contributed by atoms with Crippen molar-refractivity contribution < 1.29 is 4.39 Å². The first-order chi connectivity index (χ1) is 11.2. The van der Waals surface area contributed by atoms with Crippen molar-refractivity contribution in [3.05, 3.63) is 76.7 Å². The predicted molar refractivity (Wildman–Crippen MR) is 89.7 cm³/mol. The van der Waals surface area contributed by atoms with Crippen molar-refractivity contribution in [1.29, 1.82) is 0 Å². The molecule has 2 aromatic carbocycles. The van der Waals surface area contributed by atoms with Gasteiger partial charge in [0.25, 0.3) is 0 Å². The third kappa shape index (κ3) is 2.40. The van der Waals surface area contributed by atoms with Gasteiger partial charge in [0.15, 0.2) is 0 Å². The maximum atomic E-state index is 14.0. The van der Waals surface area contributed by atoms with Gasteiger partial charge in [0.2, 0.25) is 0 Å². The number of fused-ring (bicyclic) bond motifs is 1. The van der Waals surface area contributed by atoms with Gasteiger partial charge in [-0.05, 0) is 36.6 Å². The Kier molecular flexibility index (Phi) is 3.37. The molecule has 0 saturated heterocycles. The SMILES string of the molecule is Cc1ccccc1-n1nc(Cc2ccccc2F)c2c1NCC2. The Morgan fingerprint density at radius 2 is 1.91 bits per heavy atom. The quantitative estimate of drug-likeness (QED) is 0.796. The molecule has 4 heteroatoms. The van der Waals surface area contributed by atoms with E-state index in [-0.39, 0.29) is 5.82 Å². The van der Waals surface area contributed by atoms with Crippen molar-refractivity contribution in [1.82, 2.24) is 9.78 Å². The summed E-state index contributed by atoms with van der Waals surface area (Å²) in [7, 11) is 0. The first kappa shape index (κ1) is 14.0. The van der Waals surface area contributed by atoms with Crippen molar-refractivity contribution in [3.8, 4) is 5.69 Å². The number of aryl methyl sites for hydroxylation is 1. The number of anilines is 1. The van der Waals surface area contributed by atoms with Gasteiger partial charge in [-0.1, -0.05) is 36.4 Å². The lowest BCUT2D eigenvalue weighted by atomic mass is 10.1. The van der Waals surface area contributed by atoms with E-state index in [1.165, 1.54) is 17.2 Å². The Labute approximate surface area is 134 Å². The Morgan fingerprint density at radius 3 is 2.74 bits per heavy atom. The molecule has 116 valence electrons. The summed E-state index contributed by atoms with van der Waals surface area (Å²) in [5, 5.41) is 8.21. The predicted octanol–water partition coefficient (Wildman–Crippen LogP) is 3.88. The minimum atomic E-state index is -0.169. The minimum Gasteiger partial charge on any atom is -0.369 e.